The number of nitrogens with one attached hydrogen (secondary N) is 1. The summed E-state index contributed by atoms with van der Waals surface area (Å²) in [5.41, 5.74) is 10.1. The van der Waals surface area contributed by atoms with E-state index in [1.807, 2.05) is 12.1 Å². The summed E-state index contributed by atoms with van der Waals surface area (Å²) in [6.45, 7) is 6.33. The first-order chi connectivity index (χ1) is 10.4. The largest absolute Gasteiger partial charge is 0.383 e. The van der Waals surface area contributed by atoms with Gasteiger partial charge >= 0.3 is 0 Å². The first-order valence-electron chi connectivity index (χ1n) is 7.06. The van der Waals surface area contributed by atoms with Crippen LogP contribution in [0.5, 0.6) is 0 Å². The molecule has 3 N–H and O–H groups in total. The number of fused-ring (bicyclic) bond motifs is 1. The minimum absolute atomic E-state index is 0.0940. The van der Waals surface area contributed by atoms with Crippen molar-refractivity contribution in [2.24, 2.45) is 0 Å². The normalized spacial score (nSPS) is 11.5. The molecule has 0 spiro atoms. The summed E-state index contributed by atoms with van der Waals surface area (Å²) >= 11 is 0. The molecule has 1 aromatic carbocycles. The number of nitrogen functional groups attached to an aromatic ring is 1. The summed E-state index contributed by atoms with van der Waals surface area (Å²) in [6.07, 6.45) is 0. The Morgan fingerprint density at radius 3 is 2.45 bits per heavy atom. The molecule has 3 aromatic rings. The second-order valence-electron chi connectivity index (χ2n) is 6.33. The van der Waals surface area contributed by atoms with Crippen LogP contribution in [0.15, 0.2) is 30.3 Å². The van der Waals surface area contributed by atoms with Crippen LogP contribution in [0.1, 0.15) is 32.0 Å². The molecule has 0 bridgehead atoms. The highest BCUT2D eigenvalue weighted by Gasteiger charge is 2.20. The fourth-order valence-corrected chi connectivity index (χ4v) is 2.38. The standard InChI is InChI=1S/C17H17N5/c1-17(2,3)13-8-12(11-6-4-10(9-18)5-7-11)14-15(19)21-22-16(14)20-13/h4-8H,1-3H3,(H3,19,20,21,22). The van der Waals surface area contributed by atoms with E-state index in [0.29, 0.717) is 17.0 Å². The Labute approximate surface area is 128 Å². The van der Waals surface area contributed by atoms with Crippen molar-refractivity contribution in [1.29, 1.82) is 5.26 Å². The van der Waals surface area contributed by atoms with Gasteiger partial charge < -0.3 is 5.73 Å². The third-order valence-corrected chi connectivity index (χ3v) is 3.65. The number of pyridine rings is 1. The molecule has 0 saturated carbocycles. The van der Waals surface area contributed by atoms with Crippen molar-refractivity contribution in [3.63, 3.8) is 0 Å². The van der Waals surface area contributed by atoms with Crippen LogP contribution >= 0.6 is 0 Å². The van der Waals surface area contributed by atoms with Gasteiger partial charge in [0, 0.05) is 11.1 Å². The molecule has 0 amide bonds. The molecular formula is C17H17N5. The van der Waals surface area contributed by atoms with Crippen molar-refractivity contribution in [2.75, 3.05) is 5.73 Å². The maximum atomic E-state index is 8.94. The number of hydrogen-bond acceptors (Lipinski definition) is 4. The van der Waals surface area contributed by atoms with Gasteiger partial charge in [0.15, 0.2) is 5.65 Å². The highest BCUT2D eigenvalue weighted by atomic mass is 15.2. The van der Waals surface area contributed by atoms with Crippen LogP contribution in [0, 0.1) is 11.3 Å². The van der Waals surface area contributed by atoms with Gasteiger partial charge in [0.25, 0.3) is 0 Å². The van der Waals surface area contributed by atoms with Crippen molar-refractivity contribution < 1.29 is 0 Å². The van der Waals surface area contributed by atoms with Crippen LogP contribution in [0.2, 0.25) is 0 Å². The molecule has 2 aromatic heterocycles. The summed E-state index contributed by atoms with van der Waals surface area (Å²) < 4.78 is 0. The van der Waals surface area contributed by atoms with E-state index in [0.717, 1.165) is 22.2 Å². The maximum Gasteiger partial charge on any atom is 0.184 e. The number of nitrogens with two attached hydrogens (primary N) is 1. The molecule has 0 unspecified atom stereocenters. The first kappa shape index (κ1) is 14.1. The highest BCUT2D eigenvalue weighted by molar-refractivity contribution is 6.00. The van der Waals surface area contributed by atoms with Crippen molar-refractivity contribution in [3.8, 4) is 17.2 Å². The Hall–Kier alpha value is -2.87. The van der Waals surface area contributed by atoms with E-state index < -0.39 is 0 Å². The predicted octanol–water partition coefficient (Wildman–Crippen LogP) is 3.38. The number of aromatic nitrogens is 3. The van der Waals surface area contributed by atoms with Gasteiger partial charge in [0.05, 0.1) is 17.0 Å². The van der Waals surface area contributed by atoms with Crippen LogP contribution in [0.4, 0.5) is 5.82 Å². The van der Waals surface area contributed by atoms with Gasteiger partial charge in [0.1, 0.15) is 5.82 Å². The summed E-state index contributed by atoms with van der Waals surface area (Å²) in [6, 6.07) is 11.6. The lowest BCUT2D eigenvalue weighted by atomic mass is 9.89. The van der Waals surface area contributed by atoms with E-state index in [-0.39, 0.29) is 5.41 Å². The SMILES string of the molecule is CC(C)(C)c1cc(-c2ccc(C#N)cc2)c2c(N)[nH]nc2n1. The number of nitrogens with zero attached hydrogens (tertiary/aromatic N) is 3. The van der Waals surface area contributed by atoms with Gasteiger partial charge in [-0.25, -0.2) is 4.98 Å². The monoisotopic (exact) mass is 291 g/mol. The smallest absolute Gasteiger partial charge is 0.184 e. The quantitative estimate of drug-likeness (QED) is 0.719. The van der Waals surface area contributed by atoms with Crippen molar-refractivity contribution >= 4 is 16.9 Å². The number of anilines is 1. The molecule has 0 fully saturated rings. The van der Waals surface area contributed by atoms with Gasteiger partial charge in [-0.3, -0.25) is 5.10 Å². The van der Waals surface area contributed by atoms with E-state index in [9.17, 15) is 0 Å². The summed E-state index contributed by atoms with van der Waals surface area (Å²) in [7, 11) is 0. The fraction of sp³-hybridized carbons (Fsp3) is 0.235. The number of H-pyrrole nitrogens is 1. The highest BCUT2D eigenvalue weighted by Crippen LogP contribution is 2.34. The zero-order valence-electron chi connectivity index (χ0n) is 12.8. The van der Waals surface area contributed by atoms with Crippen molar-refractivity contribution in [1.82, 2.24) is 15.2 Å². The second kappa shape index (κ2) is 4.85. The Bertz CT molecular complexity index is 876. The molecule has 110 valence electrons. The van der Waals surface area contributed by atoms with E-state index >= 15 is 0 Å². The number of hydrogen-bond donors (Lipinski definition) is 2. The molecule has 3 rings (SSSR count). The van der Waals surface area contributed by atoms with Crippen molar-refractivity contribution in [2.45, 2.75) is 26.2 Å². The molecule has 5 nitrogen and oxygen atoms in total. The zero-order valence-corrected chi connectivity index (χ0v) is 12.8. The van der Waals surface area contributed by atoms with Gasteiger partial charge in [-0.2, -0.15) is 10.4 Å². The van der Waals surface area contributed by atoms with E-state index in [1.54, 1.807) is 12.1 Å². The Morgan fingerprint density at radius 2 is 1.86 bits per heavy atom. The lowest BCUT2D eigenvalue weighted by Gasteiger charge is -2.19. The van der Waals surface area contributed by atoms with Gasteiger partial charge in [-0.1, -0.05) is 32.9 Å². The second-order valence-corrected chi connectivity index (χ2v) is 6.33. The molecule has 22 heavy (non-hydrogen) atoms. The van der Waals surface area contributed by atoms with Gasteiger partial charge in [0.2, 0.25) is 0 Å². The maximum absolute atomic E-state index is 8.94. The Morgan fingerprint density at radius 1 is 1.18 bits per heavy atom. The molecule has 0 radical (unpaired) electrons. The van der Waals surface area contributed by atoms with Crippen LogP contribution < -0.4 is 5.73 Å². The molecule has 0 aliphatic carbocycles. The summed E-state index contributed by atoms with van der Waals surface area (Å²) in [5.74, 6) is 0.502. The minimum Gasteiger partial charge on any atom is -0.383 e. The number of rotatable bonds is 1. The minimum atomic E-state index is -0.0940. The number of aromatic amines is 1. The van der Waals surface area contributed by atoms with E-state index in [1.165, 1.54) is 0 Å². The van der Waals surface area contributed by atoms with Crippen molar-refractivity contribution in [3.05, 3.63) is 41.6 Å². The molecule has 0 saturated heterocycles. The molecule has 2 heterocycles. The lowest BCUT2D eigenvalue weighted by molar-refractivity contribution is 0.571. The van der Waals surface area contributed by atoms with Crippen LogP contribution in [0.3, 0.4) is 0 Å². The van der Waals surface area contributed by atoms with Crippen LogP contribution in [-0.4, -0.2) is 15.2 Å². The predicted molar refractivity (Wildman–Crippen MR) is 87.2 cm³/mol. The Kier molecular flexibility index (Phi) is 3.10. The lowest BCUT2D eigenvalue weighted by Crippen LogP contribution is -2.13. The van der Waals surface area contributed by atoms with E-state index in [2.05, 4.69) is 48.1 Å². The average molecular weight is 291 g/mol. The van der Waals surface area contributed by atoms with Crippen LogP contribution in [-0.2, 0) is 5.41 Å². The molecule has 0 aliphatic rings. The van der Waals surface area contributed by atoms with E-state index in [4.69, 9.17) is 11.0 Å². The van der Waals surface area contributed by atoms with Crippen LogP contribution in [0.25, 0.3) is 22.2 Å². The first-order valence-corrected chi connectivity index (χ1v) is 7.06. The third kappa shape index (κ3) is 2.29. The topological polar surface area (TPSA) is 91.4 Å². The third-order valence-electron chi connectivity index (χ3n) is 3.65. The molecule has 0 aliphatic heterocycles. The molecule has 5 heteroatoms. The fourth-order valence-electron chi connectivity index (χ4n) is 2.38. The summed E-state index contributed by atoms with van der Waals surface area (Å²) in [5, 5.41) is 16.8. The van der Waals surface area contributed by atoms with Gasteiger partial charge in [-0.15, -0.1) is 0 Å². The summed E-state index contributed by atoms with van der Waals surface area (Å²) in [4.78, 5) is 4.61. The van der Waals surface area contributed by atoms with Gasteiger partial charge in [-0.05, 0) is 29.3 Å². The zero-order chi connectivity index (χ0) is 15.9. The Balaban J connectivity index is 2.30. The molecular weight excluding hydrogens is 274 g/mol. The number of nitriles is 1. The average Bonchev–Trinajstić information content (AvgIpc) is 2.87. The number of benzene rings is 1. The molecule has 0 atom stereocenters.